The molecule has 4 N–H and O–H groups in total. The largest absolute Gasteiger partial charge is 0.480 e. The molecule has 0 spiro atoms. The predicted octanol–water partition coefficient (Wildman–Crippen LogP) is 0.457. The second kappa shape index (κ2) is 6.65. The highest BCUT2D eigenvalue weighted by Gasteiger charge is 2.20. The minimum Gasteiger partial charge on any atom is -0.480 e. The van der Waals surface area contributed by atoms with Crippen molar-refractivity contribution in [1.82, 2.24) is 20.6 Å². The number of urea groups is 1. The molecule has 1 atom stereocenters. The first-order valence-electron chi connectivity index (χ1n) is 5.06. The number of imidazole rings is 1. The number of aromatic amines is 1. The normalized spacial score (nSPS) is 11.6. The standard InChI is InChI=1S/C10H13ClN4O3/c1-6(11)3-13-10(18)15-8(9(16)17)2-7-4-12-5-14-7/h4-5,8H,1-3H2,(H,12,14)(H,16,17)(H2,13,15,18)/t8-/m0/s1. The van der Waals surface area contributed by atoms with E-state index in [4.69, 9.17) is 16.7 Å². The highest BCUT2D eigenvalue weighted by atomic mass is 35.5. The van der Waals surface area contributed by atoms with Crippen LogP contribution < -0.4 is 10.6 Å². The molecule has 7 nitrogen and oxygen atoms in total. The van der Waals surface area contributed by atoms with E-state index in [1.807, 2.05) is 0 Å². The van der Waals surface area contributed by atoms with E-state index in [1.165, 1.54) is 12.5 Å². The quantitative estimate of drug-likeness (QED) is 0.603. The van der Waals surface area contributed by atoms with Crippen LogP contribution in [0, 0.1) is 0 Å². The van der Waals surface area contributed by atoms with E-state index in [-0.39, 0.29) is 18.0 Å². The van der Waals surface area contributed by atoms with Crippen molar-refractivity contribution in [2.45, 2.75) is 12.5 Å². The molecular formula is C10H13ClN4O3. The van der Waals surface area contributed by atoms with Crippen LogP contribution in [0.5, 0.6) is 0 Å². The van der Waals surface area contributed by atoms with Gasteiger partial charge in [0.2, 0.25) is 0 Å². The van der Waals surface area contributed by atoms with E-state index in [0.29, 0.717) is 5.69 Å². The number of nitrogens with one attached hydrogen (secondary N) is 3. The summed E-state index contributed by atoms with van der Waals surface area (Å²) >= 11 is 5.47. The van der Waals surface area contributed by atoms with Crippen LogP contribution in [0.2, 0.25) is 0 Å². The van der Waals surface area contributed by atoms with E-state index in [0.717, 1.165) is 0 Å². The molecule has 0 unspecified atom stereocenters. The van der Waals surface area contributed by atoms with Gasteiger partial charge < -0.3 is 20.7 Å². The summed E-state index contributed by atoms with van der Waals surface area (Å²) in [6, 6.07) is -1.67. The van der Waals surface area contributed by atoms with Crippen molar-refractivity contribution >= 4 is 23.6 Å². The molecule has 0 aliphatic rings. The van der Waals surface area contributed by atoms with Gasteiger partial charge in [-0.1, -0.05) is 18.2 Å². The number of aromatic nitrogens is 2. The van der Waals surface area contributed by atoms with Crippen LogP contribution in [0.4, 0.5) is 4.79 Å². The lowest BCUT2D eigenvalue weighted by Gasteiger charge is -2.14. The first-order chi connectivity index (χ1) is 8.49. The number of hydrogen-bond donors (Lipinski definition) is 4. The molecule has 0 aliphatic heterocycles. The fraction of sp³-hybridized carbons (Fsp3) is 0.300. The van der Waals surface area contributed by atoms with Crippen molar-refractivity contribution in [2.24, 2.45) is 0 Å². The molecule has 0 fully saturated rings. The maximum Gasteiger partial charge on any atom is 0.326 e. The smallest absolute Gasteiger partial charge is 0.326 e. The zero-order valence-electron chi connectivity index (χ0n) is 9.44. The zero-order valence-corrected chi connectivity index (χ0v) is 10.2. The molecule has 1 heterocycles. The van der Waals surface area contributed by atoms with Gasteiger partial charge in [-0.3, -0.25) is 0 Å². The summed E-state index contributed by atoms with van der Waals surface area (Å²) in [4.78, 5) is 28.9. The number of carboxylic acids is 1. The number of aliphatic carboxylic acids is 1. The van der Waals surface area contributed by atoms with Crippen LogP contribution >= 0.6 is 11.6 Å². The third kappa shape index (κ3) is 4.88. The van der Waals surface area contributed by atoms with Gasteiger partial charge in [0.15, 0.2) is 0 Å². The van der Waals surface area contributed by atoms with Crippen LogP contribution in [-0.2, 0) is 11.2 Å². The van der Waals surface area contributed by atoms with E-state index in [2.05, 4.69) is 27.2 Å². The molecule has 1 aromatic rings. The Kier molecular flexibility index (Phi) is 5.19. The Labute approximate surface area is 108 Å². The molecule has 98 valence electrons. The molecule has 0 bridgehead atoms. The highest BCUT2D eigenvalue weighted by Crippen LogP contribution is 1.99. The Morgan fingerprint density at radius 3 is 2.83 bits per heavy atom. The van der Waals surface area contributed by atoms with Crippen LogP contribution in [0.1, 0.15) is 5.69 Å². The van der Waals surface area contributed by atoms with Crippen molar-refractivity contribution in [3.05, 3.63) is 29.8 Å². The molecule has 0 saturated heterocycles. The van der Waals surface area contributed by atoms with Gasteiger partial charge >= 0.3 is 12.0 Å². The third-order valence-electron chi connectivity index (χ3n) is 2.02. The average molecular weight is 273 g/mol. The lowest BCUT2D eigenvalue weighted by Crippen LogP contribution is -2.47. The summed E-state index contributed by atoms with van der Waals surface area (Å²) < 4.78 is 0. The molecule has 1 rings (SSSR count). The first-order valence-corrected chi connectivity index (χ1v) is 5.44. The third-order valence-corrected chi connectivity index (χ3v) is 2.16. The number of hydrogen-bond acceptors (Lipinski definition) is 3. The van der Waals surface area contributed by atoms with Crippen molar-refractivity contribution < 1.29 is 14.7 Å². The van der Waals surface area contributed by atoms with Gasteiger partial charge in [0.05, 0.1) is 12.9 Å². The highest BCUT2D eigenvalue weighted by molar-refractivity contribution is 6.29. The summed E-state index contributed by atoms with van der Waals surface area (Å²) in [7, 11) is 0. The molecule has 0 saturated carbocycles. The van der Waals surface area contributed by atoms with Crippen LogP contribution in [0.25, 0.3) is 0 Å². The second-order valence-corrected chi connectivity index (χ2v) is 4.05. The molecular weight excluding hydrogens is 260 g/mol. The predicted molar refractivity (Wildman–Crippen MR) is 65.2 cm³/mol. The number of H-pyrrole nitrogens is 1. The number of carbonyl (C=O) groups is 2. The first kappa shape index (κ1) is 14.0. The average Bonchev–Trinajstić information content (AvgIpc) is 2.78. The lowest BCUT2D eigenvalue weighted by molar-refractivity contribution is -0.139. The molecule has 1 aromatic heterocycles. The fourth-order valence-corrected chi connectivity index (χ4v) is 1.27. The van der Waals surface area contributed by atoms with Gasteiger partial charge in [0, 0.05) is 23.3 Å². The monoisotopic (exact) mass is 272 g/mol. The molecule has 8 heteroatoms. The Balaban J connectivity index is 2.50. The van der Waals surface area contributed by atoms with Gasteiger partial charge in [-0.15, -0.1) is 0 Å². The Bertz CT molecular complexity index is 432. The summed E-state index contributed by atoms with van der Waals surface area (Å²) in [6.07, 6.45) is 3.05. The molecule has 2 amide bonds. The van der Waals surface area contributed by atoms with Gasteiger partial charge in [0.1, 0.15) is 6.04 Å². The minimum atomic E-state index is -1.13. The Morgan fingerprint density at radius 2 is 2.33 bits per heavy atom. The Morgan fingerprint density at radius 1 is 1.61 bits per heavy atom. The lowest BCUT2D eigenvalue weighted by atomic mass is 10.2. The number of carboxylic acid groups (broad SMARTS) is 1. The van der Waals surface area contributed by atoms with Crippen molar-refractivity contribution in [3.63, 3.8) is 0 Å². The van der Waals surface area contributed by atoms with Crippen molar-refractivity contribution in [2.75, 3.05) is 6.54 Å². The second-order valence-electron chi connectivity index (χ2n) is 3.52. The Hall–Kier alpha value is -2.02. The summed E-state index contributed by atoms with van der Waals surface area (Å²) in [6.45, 7) is 3.47. The fourth-order valence-electron chi connectivity index (χ4n) is 1.20. The summed E-state index contributed by atoms with van der Waals surface area (Å²) in [5.41, 5.74) is 0.615. The zero-order chi connectivity index (χ0) is 13.5. The van der Waals surface area contributed by atoms with Crippen LogP contribution in [0.3, 0.4) is 0 Å². The van der Waals surface area contributed by atoms with E-state index in [9.17, 15) is 9.59 Å². The number of amides is 2. The maximum atomic E-state index is 11.4. The van der Waals surface area contributed by atoms with Gasteiger partial charge in [0.25, 0.3) is 0 Å². The minimum absolute atomic E-state index is 0.0732. The maximum absolute atomic E-state index is 11.4. The molecule has 0 radical (unpaired) electrons. The molecule has 0 aliphatic carbocycles. The van der Waals surface area contributed by atoms with Crippen molar-refractivity contribution in [1.29, 1.82) is 0 Å². The van der Waals surface area contributed by atoms with Crippen LogP contribution in [0.15, 0.2) is 24.1 Å². The van der Waals surface area contributed by atoms with E-state index in [1.54, 1.807) is 0 Å². The summed E-state index contributed by atoms with van der Waals surface area (Å²) in [5, 5.41) is 13.9. The van der Waals surface area contributed by atoms with Crippen molar-refractivity contribution in [3.8, 4) is 0 Å². The summed E-state index contributed by atoms with van der Waals surface area (Å²) in [5.74, 6) is -1.13. The molecule has 0 aromatic carbocycles. The van der Waals surface area contributed by atoms with Gasteiger partial charge in [-0.25, -0.2) is 14.6 Å². The number of halogens is 1. The van der Waals surface area contributed by atoms with E-state index < -0.39 is 18.0 Å². The van der Waals surface area contributed by atoms with Crippen LogP contribution in [-0.4, -0.2) is 39.7 Å². The number of carbonyl (C=O) groups excluding carboxylic acids is 1. The van der Waals surface area contributed by atoms with Gasteiger partial charge in [-0.05, 0) is 0 Å². The SMILES string of the molecule is C=C(Cl)CNC(=O)N[C@@H](Cc1cnc[nH]1)C(=O)O. The molecule has 18 heavy (non-hydrogen) atoms. The van der Waals surface area contributed by atoms with Gasteiger partial charge in [-0.2, -0.15) is 0 Å². The number of nitrogens with zero attached hydrogens (tertiary/aromatic N) is 1. The number of rotatable bonds is 6. The van der Waals surface area contributed by atoms with E-state index >= 15 is 0 Å². The topological polar surface area (TPSA) is 107 Å².